The molecule has 0 bridgehead atoms. The van der Waals surface area contributed by atoms with Gasteiger partial charge in [0.25, 0.3) is 11.5 Å². The first kappa shape index (κ1) is 26.7. The summed E-state index contributed by atoms with van der Waals surface area (Å²) in [5.74, 6) is 0.227. The summed E-state index contributed by atoms with van der Waals surface area (Å²) in [6, 6.07) is 15.0. The van der Waals surface area contributed by atoms with E-state index >= 15 is 0 Å². The summed E-state index contributed by atoms with van der Waals surface area (Å²) in [6.07, 6.45) is 0.150. The van der Waals surface area contributed by atoms with Gasteiger partial charge in [0, 0.05) is 40.3 Å². The molecule has 1 unspecified atom stereocenters. The van der Waals surface area contributed by atoms with E-state index in [0.29, 0.717) is 55.5 Å². The fourth-order valence-corrected chi connectivity index (χ4v) is 5.90. The second-order valence-corrected chi connectivity index (χ2v) is 11.0. The standard InChI is InChI=1S/C30H33N7O4/c1-19-9-11-21(12-10-19)18-36-25-26(32(3)30(41)33(4)28(25)40)31-29(36)35-15-13-34(14-16-35)23-17-24(38)37(27(23)39)22-8-6-5-7-20(22)2/h5-12,23H,13-18H2,1-4H3. The van der Waals surface area contributed by atoms with E-state index in [1.807, 2.05) is 66.9 Å². The molecule has 2 aliphatic heterocycles. The minimum Gasteiger partial charge on any atom is -0.340 e. The first-order valence-corrected chi connectivity index (χ1v) is 13.8. The van der Waals surface area contributed by atoms with Crippen LogP contribution in [0.4, 0.5) is 11.6 Å². The smallest absolute Gasteiger partial charge is 0.332 e. The van der Waals surface area contributed by atoms with E-state index in [2.05, 4.69) is 9.80 Å². The second-order valence-electron chi connectivity index (χ2n) is 11.0. The lowest BCUT2D eigenvalue weighted by molar-refractivity contribution is -0.123. The van der Waals surface area contributed by atoms with Crippen molar-refractivity contribution in [2.24, 2.45) is 14.1 Å². The molecule has 0 N–H and O–H groups in total. The quantitative estimate of drug-likeness (QED) is 0.344. The maximum Gasteiger partial charge on any atom is 0.332 e. The summed E-state index contributed by atoms with van der Waals surface area (Å²) < 4.78 is 4.41. The molecule has 2 aliphatic rings. The minimum absolute atomic E-state index is 0.150. The first-order chi connectivity index (χ1) is 19.7. The topological polar surface area (TPSA) is 106 Å². The van der Waals surface area contributed by atoms with Crippen LogP contribution in [-0.2, 0) is 30.2 Å². The number of imidazole rings is 1. The molecule has 0 spiro atoms. The second kappa shape index (κ2) is 10.2. The van der Waals surface area contributed by atoms with Gasteiger partial charge in [-0.05, 0) is 31.0 Å². The molecule has 212 valence electrons. The van der Waals surface area contributed by atoms with E-state index in [4.69, 9.17) is 4.98 Å². The number of nitrogens with zero attached hydrogens (tertiary/aromatic N) is 7. The Morgan fingerprint density at radius 3 is 2.22 bits per heavy atom. The van der Waals surface area contributed by atoms with Gasteiger partial charge < -0.3 is 4.90 Å². The number of hydrogen-bond acceptors (Lipinski definition) is 7. The van der Waals surface area contributed by atoms with Crippen LogP contribution in [0.1, 0.15) is 23.1 Å². The molecule has 41 heavy (non-hydrogen) atoms. The number of anilines is 2. The van der Waals surface area contributed by atoms with Gasteiger partial charge in [0.05, 0.1) is 24.7 Å². The average Bonchev–Trinajstić information content (AvgIpc) is 3.49. The molecule has 0 radical (unpaired) electrons. The Hall–Kier alpha value is -4.51. The Labute approximate surface area is 236 Å². The molecule has 11 heteroatoms. The van der Waals surface area contributed by atoms with Gasteiger partial charge in [-0.15, -0.1) is 0 Å². The zero-order valence-corrected chi connectivity index (χ0v) is 23.7. The molecule has 4 aromatic rings. The van der Waals surface area contributed by atoms with Crippen LogP contribution in [0.15, 0.2) is 58.1 Å². The Bertz CT molecular complexity index is 1790. The summed E-state index contributed by atoms with van der Waals surface area (Å²) >= 11 is 0. The lowest BCUT2D eigenvalue weighted by Gasteiger charge is -2.37. The van der Waals surface area contributed by atoms with Crippen molar-refractivity contribution in [1.82, 2.24) is 23.6 Å². The number of rotatable bonds is 5. The Balaban J connectivity index is 1.30. The highest BCUT2D eigenvalue weighted by atomic mass is 16.2. The number of amides is 2. The number of fused-ring (bicyclic) bond motifs is 1. The summed E-state index contributed by atoms with van der Waals surface area (Å²) in [6.45, 7) is 6.54. The van der Waals surface area contributed by atoms with Crippen molar-refractivity contribution in [1.29, 1.82) is 0 Å². The Morgan fingerprint density at radius 1 is 0.854 bits per heavy atom. The van der Waals surface area contributed by atoms with Crippen LogP contribution in [0.2, 0.25) is 0 Å². The molecular weight excluding hydrogens is 522 g/mol. The highest BCUT2D eigenvalue weighted by Gasteiger charge is 2.44. The minimum atomic E-state index is -0.510. The van der Waals surface area contributed by atoms with Gasteiger partial charge >= 0.3 is 5.69 Å². The SMILES string of the molecule is Cc1ccc(Cn2c(N3CCN(C4CC(=O)N(c5ccccc5C)C4=O)CC3)nc3c2c(=O)n(C)c(=O)n3C)cc1. The number of aryl methyl sites for hydroxylation is 3. The molecule has 2 aromatic carbocycles. The molecule has 4 heterocycles. The molecular formula is C30H33N7O4. The number of para-hydroxylation sites is 1. The van der Waals surface area contributed by atoms with E-state index in [1.165, 1.54) is 16.5 Å². The normalized spacial score (nSPS) is 18.2. The summed E-state index contributed by atoms with van der Waals surface area (Å²) in [5, 5.41) is 0. The maximum absolute atomic E-state index is 13.4. The van der Waals surface area contributed by atoms with Gasteiger partial charge in [0.15, 0.2) is 11.2 Å². The van der Waals surface area contributed by atoms with E-state index in [9.17, 15) is 19.2 Å². The summed E-state index contributed by atoms with van der Waals surface area (Å²) in [4.78, 5) is 62.6. The van der Waals surface area contributed by atoms with Crippen LogP contribution in [-0.4, -0.2) is 67.6 Å². The van der Waals surface area contributed by atoms with Gasteiger partial charge in [-0.3, -0.25) is 33.0 Å². The monoisotopic (exact) mass is 555 g/mol. The van der Waals surface area contributed by atoms with Crippen LogP contribution in [0.5, 0.6) is 0 Å². The highest BCUT2D eigenvalue weighted by molar-refractivity contribution is 6.22. The number of hydrogen-bond donors (Lipinski definition) is 0. The van der Waals surface area contributed by atoms with Crippen molar-refractivity contribution < 1.29 is 9.59 Å². The third-order valence-electron chi connectivity index (χ3n) is 8.31. The zero-order valence-electron chi connectivity index (χ0n) is 23.7. The molecule has 0 saturated carbocycles. The van der Waals surface area contributed by atoms with Gasteiger partial charge in [-0.1, -0.05) is 48.0 Å². The Kier molecular flexibility index (Phi) is 6.61. The summed E-state index contributed by atoms with van der Waals surface area (Å²) in [7, 11) is 3.10. The summed E-state index contributed by atoms with van der Waals surface area (Å²) in [5.41, 5.74) is 3.57. The van der Waals surface area contributed by atoms with Gasteiger partial charge in [0.1, 0.15) is 0 Å². The lowest BCUT2D eigenvalue weighted by atomic mass is 10.1. The predicted molar refractivity (Wildman–Crippen MR) is 156 cm³/mol. The molecule has 2 saturated heterocycles. The van der Waals surface area contributed by atoms with Crippen molar-refractivity contribution in [3.05, 3.63) is 86.1 Å². The third kappa shape index (κ3) is 4.46. The van der Waals surface area contributed by atoms with Crippen LogP contribution in [0.25, 0.3) is 11.2 Å². The first-order valence-electron chi connectivity index (χ1n) is 13.8. The number of aromatic nitrogens is 4. The number of piperazine rings is 1. The molecule has 2 amide bonds. The van der Waals surface area contributed by atoms with Crippen molar-refractivity contribution in [2.75, 3.05) is 36.0 Å². The van der Waals surface area contributed by atoms with Crippen molar-refractivity contribution in [2.45, 2.75) is 32.9 Å². The zero-order chi connectivity index (χ0) is 29.0. The van der Waals surface area contributed by atoms with Crippen molar-refractivity contribution in [3.8, 4) is 0 Å². The number of carbonyl (C=O) groups excluding carboxylic acids is 2. The fourth-order valence-electron chi connectivity index (χ4n) is 5.90. The Morgan fingerprint density at radius 2 is 1.54 bits per heavy atom. The van der Waals surface area contributed by atoms with Crippen molar-refractivity contribution >= 4 is 34.6 Å². The molecule has 0 aliphatic carbocycles. The van der Waals surface area contributed by atoms with Crippen LogP contribution in [0, 0.1) is 13.8 Å². The van der Waals surface area contributed by atoms with E-state index in [-0.39, 0.29) is 23.8 Å². The third-order valence-corrected chi connectivity index (χ3v) is 8.31. The van der Waals surface area contributed by atoms with E-state index in [1.54, 1.807) is 7.05 Å². The van der Waals surface area contributed by atoms with Crippen LogP contribution in [0.3, 0.4) is 0 Å². The number of benzene rings is 2. The largest absolute Gasteiger partial charge is 0.340 e. The number of imide groups is 1. The average molecular weight is 556 g/mol. The molecule has 11 nitrogen and oxygen atoms in total. The molecule has 2 fully saturated rings. The van der Waals surface area contributed by atoms with Gasteiger partial charge in [0.2, 0.25) is 11.9 Å². The lowest BCUT2D eigenvalue weighted by Crippen LogP contribution is -2.53. The van der Waals surface area contributed by atoms with E-state index < -0.39 is 11.7 Å². The maximum atomic E-state index is 13.4. The molecule has 1 atom stereocenters. The van der Waals surface area contributed by atoms with Crippen LogP contribution < -0.4 is 21.0 Å². The van der Waals surface area contributed by atoms with E-state index in [0.717, 1.165) is 21.3 Å². The number of carbonyl (C=O) groups is 2. The molecule has 2 aromatic heterocycles. The van der Waals surface area contributed by atoms with Crippen LogP contribution >= 0.6 is 0 Å². The fraction of sp³-hybridized carbons (Fsp3) is 0.367. The highest BCUT2D eigenvalue weighted by Crippen LogP contribution is 2.30. The van der Waals surface area contributed by atoms with Crippen molar-refractivity contribution in [3.63, 3.8) is 0 Å². The van der Waals surface area contributed by atoms with Gasteiger partial charge in [-0.25, -0.2) is 9.69 Å². The van der Waals surface area contributed by atoms with Gasteiger partial charge in [-0.2, -0.15) is 4.98 Å². The molecule has 6 rings (SSSR count). The predicted octanol–water partition coefficient (Wildman–Crippen LogP) is 1.55.